The van der Waals surface area contributed by atoms with Gasteiger partial charge in [-0.2, -0.15) is 5.10 Å². The Balaban J connectivity index is 1.88. The lowest BCUT2D eigenvalue weighted by atomic mass is 10.3. The van der Waals surface area contributed by atoms with Gasteiger partial charge in [-0.1, -0.05) is 29.9 Å². The van der Waals surface area contributed by atoms with E-state index in [9.17, 15) is 0 Å². The number of nitrogen functional groups attached to an aromatic ring is 1. The fourth-order valence-corrected chi connectivity index (χ4v) is 3.84. The van der Waals surface area contributed by atoms with Crippen molar-refractivity contribution in [2.75, 3.05) is 5.73 Å². The molecule has 2 N–H and O–H groups in total. The molecular weight excluding hydrogens is 362 g/mol. The fraction of sp³-hybridized carbons (Fsp3) is 0.167. The number of rotatable bonds is 2. The summed E-state index contributed by atoms with van der Waals surface area (Å²) in [7, 11) is 0. The summed E-state index contributed by atoms with van der Waals surface area (Å²) in [6, 6.07) is 1.62. The third kappa shape index (κ3) is 2.30. The Bertz CT molecular complexity index is 703. The standard InChI is InChI=1S/C12H11BrClN5S/c1-6-3-8(5-18-9(14)4-10(15)17-18)16-12-19(6)11(13)7(2)20-12/h3-4H,1,5H2,2H3,(H2,15,17). The van der Waals surface area contributed by atoms with Gasteiger partial charge in [-0.05, 0) is 28.9 Å². The number of allylic oxidation sites excluding steroid dienone is 3. The van der Waals surface area contributed by atoms with Gasteiger partial charge in [-0.3, -0.25) is 4.90 Å². The number of nitrogens with zero attached hydrogens (tertiary/aromatic N) is 4. The lowest BCUT2D eigenvalue weighted by molar-refractivity contribution is 0.651. The maximum Gasteiger partial charge on any atom is 0.178 e. The van der Waals surface area contributed by atoms with Crippen molar-refractivity contribution in [3.63, 3.8) is 0 Å². The van der Waals surface area contributed by atoms with E-state index >= 15 is 0 Å². The van der Waals surface area contributed by atoms with E-state index in [0.29, 0.717) is 17.5 Å². The van der Waals surface area contributed by atoms with E-state index < -0.39 is 0 Å². The van der Waals surface area contributed by atoms with E-state index in [0.717, 1.165) is 26.1 Å². The number of hydrogen-bond donors (Lipinski definition) is 1. The highest BCUT2D eigenvalue weighted by Gasteiger charge is 2.30. The molecule has 104 valence electrons. The highest BCUT2D eigenvalue weighted by atomic mass is 79.9. The van der Waals surface area contributed by atoms with E-state index in [1.165, 1.54) is 0 Å². The molecule has 0 radical (unpaired) electrons. The summed E-state index contributed by atoms with van der Waals surface area (Å²) in [5, 5.41) is 5.50. The van der Waals surface area contributed by atoms with Crippen molar-refractivity contribution in [1.29, 1.82) is 0 Å². The highest BCUT2D eigenvalue weighted by molar-refractivity contribution is 9.11. The maximum absolute atomic E-state index is 6.05. The van der Waals surface area contributed by atoms with Crippen LogP contribution in [0.15, 0.2) is 44.6 Å². The molecule has 3 heterocycles. The SMILES string of the molecule is C=C1C=C(Cn2nc(N)cc2Cl)N=C2SC(C)=C(Br)N12. The summed E-state index contributed by atoms with van der Waals surface area (Å²) < 4.78 is 2.60. The van der Waals surface area contributed by atoms with Gasteiger partial charge in [0.05, 0.1) is 12.2 Å². The van der Waals surface area contributed by atoms with Gasteiger partial charge in [0, 0.05) is 16.7 Å². The average Bonchev–Trinajstić information content (AvgIpc) is 2.80. The van der Waals surface area contributed by atoms with Crippen molar-refractivity contribution < 1.29 is 0 Å². The van der Waals surface area contributed by atoms with Gasteiger partial charge in [0.25, 0.3) is 0 Å². The third-order valence-electron chi connectivity index (χ3n) is 2.84. The third-order valence-corrected chi connectivity index (χ3v) is 5.32. The summed E-state index contributed by atoms with van der Waals surface area (Å²) in [5.74, 6) is 0.398. The van der Waals surface area contributed by atoms with E-state index in [-0.39, 0.29) is 0 Å². The predicted molar refractivity (Wildman–Crippen MR) is 87.4 cm³/mol. The molecule has 2 aliphatic heterocycles. The van der Waals surface area contributed by atoms with Crippen molar-refractivity contribution in [2.45, 2.75) is 13.5 Å². The minimum Gasteiger partial charge on any atom is -0.382 e. The number of amidine groups is 1. The number of hydrogen-bond acceptors (Lipinski definition) is 5. The van der Waals surface area contributed by atoms with Gasteiger partial charge >= 0.3 is 0 Å². The summed E-state index contributed by atoms with van der Waals surface area (Å²) in [5.41, 5.74) is 7.32. The molecule has 8 heteroatoms. The van der Waals surface area contributed by atoms with Crippen molar-refractivity contribution in [3.8, 4) is 0 Å². The van der Waals surface area contributed by atoms with Crippen LogP contribution in [0.1, 0.15) is 6.92 Å². The summed E-state index contributed by atoms with van der Waals surface area (Å²) in [6.45, 7) is 6.56. The molecule has 0 saturated heterocycles. The second-order valence-electron chi connectivity index (χ2n) is 4.36. The van der Waals surface area contributed by atoms with Crippen LogP contribution in [0.4, 0.5) is 5.82 Å². The first kappa shape index (κ1) is 13.8. The first-order valence-corrected chi connectivity index (χ1v) is 7.76. The molecule has 0 fully saturated rings. The molecular formula is C12H11BrClN5S. The first-order valence-electron chi connectivity index (χ1n) is 5.77. The zero-order chi connectivity index (χ0) is 14.4. The minimum atomic E-state index is 0.398. The molecule has 2 aliphatic rings. The molecule has 0 atom stereocenters. The molecule has 0 spiro atoms. The largest absolute Gasteiger partial charge is 0.382 e. The van der Waals surface area contributed by atoms with Gasteiger partial charge in [-0.15, -0.1) is 0 Å². The number of thioether (sulfide) groups is 1. The lowest BCUT2D eigenvalue weighted by Crippen LogP contribution is -2.24. The van der Waals surface area contributed by atoms with Crippen LogP contribution in [0.3, 0.4) is 0 Å². The Morgan fingerprint density at radius 1 is 1.55 bits per heavy atom. The average molecular weight is 373 g/mol. The predicted octanol–water partition coefficient (Wildman–Crippen LogP) is 3.52. The second kappa shape index (κ2) is 4.98. The van der Waals surface area contributed by atoms with E-state index in [1.807, 2.05) is 17.9 Å². The Kier molecular flexibility index (Phi) is 3.43. The molecule has 20 heavy (non-hydrogen) atoms. The van der Waals surface area contributed by atoms with Crippen LogP contribution in [0.25, 0.3) is 0 Å². The summed E-state index contributed by atoms with van der Waals surface area (Å²) in [6.07, 6.45) is 1.91. The van der Waals surface area contributed by atoms with Gasteiger partial charge < -0.3 is 5.73 Å². The first-order chi connectivity index (χ1) is 9.45. The molecule has 3 rings (SSSR count). The van der Waals surface area contributed by atoms with E-state index in [2.05, 4.69) is 32.6 Å². The van der Waals surface area contributed by atoms with Crippen LogP contribution in [0.2, 0.25) is 5.15 Å². The maximum atomic E-state index is 6.05. The number of nitrogens with two attached hydrogens (primary N) is 1. The van der Waals surface area contributed by atoms with Crippen LogP contribution in [0, 0.1) is 0 Å². The molecule has 0 unspecified atom stereocenters. The normalized spacial score (nSPS) is 18.4. The number of halogens is 2. The fourth-order valence-electron chi connectivity index (χ4n) is 1.96. The second-order valence-corrected chi connectivity index (χ2v) is 6.68. The quantitative estimate of drug-likeness (QED) is 0.807. The number of fused-ring (bicyclic) bond motifs is 1. The molecule has 0 bridgehead atoms. The number of aromatic nitrogens is 2. The van der Waals surface area contributed by atoms with E-state index in [4.69, 9.17) is 17.3 Å². The zero-order valence-electron chi connectivity index (χ0n) is 10.6. The van der Waals surface area contributed by atoms with Crippen molar-refractivity contribution in [3.05, 3.63) is 44.8 Å². The minimum absolute atomic E-state index is 0.398. The Morgan fingerprint density at radius 2 is 2.30 bits per heavy atom. The number of anilines is 1. The Labute approximate surface area is 134 Å². The van der Waals surface area contributed by atoms with Gasteiger partial charge in [0.15, 0.2) is 5.17 Å². The lowest BCUT2D eigenvalue weighted by Gasteiger charge is -2.24. The number of aliphatic imine (C=N–C) groups is 1. The van der Waals surface area contributed by atoms with Crippen LogP contribution in [-0.2, 0) is 6.54 Å². The van der Waals surface area contributed by atoms with Crippen LogP contribution in [0.5, 0.6) is 0 Å². The highest BCUT2D eigenvalue weighted by Crippen LogP contribution is 2.42. The molecule has 5 nitrogen and oxygen atoms in total. The Hall–Kier alpha value is -1.18. The van der Waals surface area contributed by atoms with Crippen molar-refractivity contribution in [1.82, 2.24) is 14.7 Å². The molecule has 1 aromatic rings. The van der Waals surface area contributed by atoms with Gasteiger partial charge in [0.1, 0.15) is 15.6 Å². The Morgan fingerprint density at radius 3 is 2.95 bits per heavy atom. The topological polar surface area (TPSA) is 59.4 Å². The zero-order valence-corrected chi connectivity index (χ0v) is 13.8. The van der Waals surface area contributed by atoms with Crippen LogP contribution in [-0.4, -0.2) is 19.8 Å². The van der Waals surface area contributed by atoms with Crippen LogP contribution < -0.4 is 5.73 Å². The molecule has 0 aromatic carbocycles. The van der Waals surface area contributed by atoms with Gasteiger partial charge in [0.2, 0.25) is 0 Å². The van der Waals surface area contributed by atoms with Crippen LogP contribution >= 0.6 is 39.3 Å². The monoisotopic (exact) mass is 371 g/mol. The molecule has 1 aromatic heterocycles. The molecule has 0 aliphatic carbocycles. The van der Waals surface area contributed by atoms with Crippen molar-refractivity contribution >= 4 is 50.3 Å². The molecule has 0 saturated carbocycles. The van der Waals surface area contributed by atoms with Crippen molar-refractivity contribution in [2.24, 2.45) is 4.99 Å². The molecule has 0 amide bonds. The van der Waals surface area contributed by atoms with E-state index in [1.54, 1.807) is 22.5 Å². The summed E-state index contributed by atoms with van der Waals surface area (Å²) in [4.78, 5) is 7.74. The van der Waals surface area contributed by atoms with Gasteiger partial charge in [-0.25, -0.2) is 9.67 Å². The summed E-state index contributed by atoms with van der Waals surface area (Å²) >= 11 is 11.2. The smallest absolute Gasteiger partial charge is 0.178 e.